The second kappa shape index (κ2) is 7.07. The standard InChI is InChI=1S/C13H32O2Si2/c1-8-17(9-2,10-3)13(11-12(4)14)15-16(5,6)7/h12-14H,8-11H2,1-7H3/t12-,13+/m1/s1. The predicted molar refractivity (Wildman–Crippen MR) is 81.7 cm³/mol. The lowest BCUT2D eigenvalue weighted by Crippen LogP contribution is -2.52. The van der Waals surface area contributed by atoms with Crippen LogP contribution >= 0.6 is 0 Å². The topological polar surface area (TPSA) is 29.5 Å². The van der Waals surface area contributed by atoms with Crippen molar-refractivity contribution >= 4 is 16.4 Å². The first-order chi connectivity index (χ1) is 7.70. The van der Waals surface area contributed by atoms with E-state index in [1.165, 1.54) is 18.1 Å². The Kier molecular flexibility index (Phi) is 7.22. The molecule has 0 heterocycles. The minimum atomic E-state index is -1.52. The van der Waals surface area contributed by atoms with Gasteiger partial charge < -0.3 is 9.53 Å². The molecule has 0 saturated carbocycles. The van der Waals surface area contributed by atoms with Crippen molar-refractivity contribution in [2.24, 2.45) is 0 Å². The molecule has 0 saturated heterocycles. The molecule has 0 aliphatic heterocycles. The number of hydrogen-bond donors (Lipinski definition) is 1. The Balaban J connectivity index is 4.99. The van der Waals surface area contributed by atoms with Crippen LogP contribution in [0.1, 0.15) is 34.1 Å². The Hall–Kier alpha value is 0.354. The molecule has 17 heavy (non-hydrogen) atoms. The first kappa shape index (κ1) is 17.4. The van der Waals surface area contributed by atoms with Gasteiger partial charge in [-0.2, -0.15) is 0 Å². The molecule has 0 unspecified atom stereocenters. The van der Waals surface area contributed by atoms with Crippen molar-refractivity contribution in [1.29, 1.82) is 0 Å². The molecule has 0 aromatic heterocycles. The molecule has 0 aliphatic carbocycles. The van der Waals surface area contributed by atoms with Crippen LogP contribution in [0.5, 0.6) is 0 Å². The zero-order chi connectivity index (χ0) is 13.7. The van der Waals surface area contributed by atoms with E-state index in [-0.39, 0.29) is 6.10 Å². The first-order valence-electron chi connectivity index (χ1n) is 7.06. The van der Waals surface area contributed by atoms with Gasteiger partial charge in [0, 0.05) is 5.73 Å². The van der Waals surface area contributed by atoms with Crippen LogP contribution in [-0.2, 0) is 4.43 Å². The summed E-state index contributed by atoms with van der Waals surface area (Å²) in [7, 11) is -2.89. The molecular weight excluding hydrogens is 244 g/mol. The predicted octanol–water partition coefficient (Wildman–Crippen LogP) is 4.03. The third-order valence-corrected chi connectivity index (χ3v) is 11.0. The summed E-state index contributed by atoms with van der Waals surface area (Å²) in [5, 5.41) is 9.73. The molecule has 0 aromatic carbocycles. The second-order valence-electron chi connectivity index (χ2n) is 6.23. The smallest absolute Gasteiger partial charge is 0.183 e. The minimum absolute atomic E-state index is 0.243. The zero-order valence-corrected chi connectivity index (χ0v) is 14.8. The van der Waals surface area contributed by atoms with Gasteiger partial charge in [0.1, 0.15) is 0 Å². The Morgan fingerprint density at radius 1 is 1.00 bits per heavy atom. The Morgan fingerprint density at radius 3 is 1.65 bits per heavy atom. The minimum Gasteiger partial charge on any atom is -0.418 e. The highest BCUT2D eigenvalue weighted by molar-refractivity contribution is 6.82. The fourth-order valence-electron chi connectivity index (χ4n) is 2.59. The molecule has 0 aliphatic rings. The number of rotatable bonds is 8. The summed E-state index contributed by atoms with van der Waals surface area (Å²) in [6.07, 6.45) is 0.583. The molecule has 2 atom stereocenters. The average Bonchev–Trinajstić information content (AvgIpc) is 2.17. The van der Waals surface area contributed by atoms with Gasteiger partial charge in [0.2, 0.25) is 0 Å². The van der Waals surface area contributed by atoms with Gasteiger partial charge in [0.15, 0.2) is 8.32 Å². The van der Waals surface area contributed by atoms with Crippen molar-refractivity contribution in [3.05, 3.63) is 0 Å². The van der Waals surface area contributed by atoms with Gasteiger partial charge in [-0.1, -0.05) is 38.9 Å². The summed E-state index contributed by atoms with van der Waals surface area (Å²) < 4.78 is 6.43. The van der Waals surface area contributed by atoms with Crippen LogP contribution in [0.3, 0.4) is 0 Å². The maximum absolute atomic E-state index is 9.73. The van der Waals surface area contributed by atoms with E-state index in [0.29, 0.717) is 5.73 Å². The SMILES string of the molecule is CC[Si](CC)(CC)[C@@H](C[C@@H](C)O)O[Si](C)(C)C. The van der Waals surface area contributed by atoms with Crippen LogP contribution in [-0.4, -0.2) is 33.3 Å². The lowest BCUT2D eigenvalue weighted by Gasteiger charge is -2.41. The highest BCUT2D eigenvalue weighted by Crippen LogP contribution is 2.31. The molecular formula is C13H32O2Si2. The number of aliphatic hydroxyl groups is 1. The molecule has 0 bridgehead atoms. The fraction of sp³-hybridized carbons (Fsp3) is 1.00. The van der Waals surface area contributed by atoms with E-state index >= 15 is 0 Å². The zero-order valence-electron chi connectivity index (χ0n) is 12.8. The van der Waals surface area contributed by atoms with Crippen LogP contribution in [0.15, 0.2) is 0 Å². The maximum atomic E-state index is 9.73. The lowest BCUT2D eigenvalue weighted by molar-refractivity contribution is 0.133. The molecule has 0 rings (SSSR count). The van der Waals surface area contributed by atoms with Gasteiger partial charge in [-0.25, -0.2) is 0 Å². The largest absolute Gasteiger partial charge is 0.418 e. The van der Waals surface area contributed by atoms with Crippen LogP contribution in [0.25, 0.3) is 0 Å². The monoisotopic (exact) mass is 276 g/mol. The summed E-state index contributed by atoms with van der Waals surface area (Å²) in [6, 6.07) is 3.80. The average molecular weight is 277 g/mol. The summed E-state index contributed by atoms with van der Waals surface area (Å²) in [4.78, 5) is 0. The van der Waals surface area contributed by atoms with Gasteiger partial charge in [-0.05, 0) is 33.0 Å². The van der Waals surface area contributed by atoms with Crippen molar-refractivity contribution in [1.82, 2.24) is 0 Å². The van der Waals surface area contributed by atoms with E-state index in [4.69, 9.17) is 4.43 Å². The molecule has 4 heteroatoms. The Morgan fingerprint density at radius 2 is 1.41 bits per heavy atom. The summed E-state index contributed by atoms with van der Waals surface area (Å²) >= 11 is 0. The van der Waals surface area contributed by atoms with E-state index in [1.54, 1.807) is 0 Å². The normalized spacial score (nSPS) is 16.9. The highest BCUT2D eigenvalue weighted by Gasteiger charge is 2.39. The molecule has 0 spiro atoms. The summed E-state index contributed by atoms with van der Waals surface area (Å²) in [5.41, 5.74) is 0.342. The van der Waals surface area contributed by atoms with Gasteiger partial charge in [-0.3, -0.25) is 0 Å². The van der Waals surface area contributed by atoms with Crippen molar-refractivity contribution < 1.29 is 9.53 Å². The Bertz CT molecular complexity index is 200. The van der Waals surface area contributed by atoms with E-state index in [1.807, 2.05) is 6.92 Å². The van der Waals surface area contributed by atoms with E-state index < -0.39 is 16.4 Å². The van der Waals surface area contributed by atoms with E-state index in [9.17, 15) is 5.11 Å². The van der Waals surface area contributed by atoms with Crippen LogP contribution in [0, 0.1) is 0 Å². The van der Waals surface area contributed by atoms with Gasteiger partial charge in [0.25, 0.3) is 0 Å². The van der Waals surface area contributed by atoms with E-state index in [0.717, 1.165) is 6.42 Å². The van der Waals surface area contributed by atoms with Gasteiger partial charge >= 0.3 is 0 Å². The van der Waals surface area contributed by atoms with Gasteiger partial charge in [-0.15, -0.1) is 0 Å². The third kappa shape index (κ3) is 5.68. The quantitative estimate of drug-likeness (QED) is 0.678. The van der Waals surface area contributed by atoms with Crippen LogP contribution in [0.4, 0.5) is 0 Å². The molecule has 0 radical (unpaired) electrons. The first-order valence-corrected chi connectivity index (χ1v) is 13.2. The third-order valence-electron chi connectivity index (χ3n) is 3.85. The van der Waals surface area contributed by atoms with Crippen LogP contribution in [0.2, 0.25) is 37.8 Å². The van der Waals surface area contributed by atoms with Crippen molar-refractivity contribution in [2.75, 3.05) is 0 Å². The molecule has 104 valence electrons. The molecule has 0 amide bonds. The second-order valence-corrected chi connectivity index (χ2v) is 16.2. The molecule has 1 N–H and O–H groups in total. The van der Waals surface area contributed by atoms with Crippen molar-refractivity contribution in [3.8, 4) is 0 Å². The summed E-state index contributed by atoms with van der Waals surface area (Å²) in [5.74, 6) is 0. The molecule has 0 aromatic rings. The maximum Gasteiger partial charge on any atom is 0.183 e. The lowest BCUT2D eigenvalue weighted by atomic mass is 10.3. The molecule has 0 fully saturated rings. The highest BCUT2D eigenvalue weighted by atomic mass is 28.4. The number of hydrogen-bond acceptors (Lipinski definition) is 2. The van der Waals surface area contributed by atoms with Crippen molar-refractivity contribution in [2.45, 2.75) is 83.7 Å². The molecule has 2 nitrogen and oxygen atoms in total. The van der Waals surface area contributed by atoms with Crippen LogP contribution < -0.4 is 0 Å². The van der Waals surface area contributed by atoms with Crippen molar-refractivity contribution in [3.63, 3.8) is 0 Å². The van der Waals surface area contributed by atoms with E-state index in [2.05, 4.69) is 40.4 Å². The Labute approximate surface area is 110 Å². The summed E-state index contributed by atoms with van der Waals surface area (Å²) in [6.45, 7) is 15.6. The fourth-order valence-corrected chi connectivity index (χ4v) is 9.31. The van der Waals surface area contributed by atoms with Gasteiger partial charge in [0.05, 0.1) is 14.2 Å². The number of aliphatic hydroxyl groups excluding tert-OH is 1.